The minimum Gasteiger partial charge on any atom is -0.497 e. The predicted molar refractivity (Wildman–Crippen MR) is 158 cm³/mol. The summed E-state index contributed by atoms with van der Waals surface area (Å²) in [5, 5.41) is 2.15. The molecule has 0 amide bonds. The van der Waals surface area contributed by atoms with E-state index in [1.165, 1.54) is 7.11 Å². The zero-order chi connectivity index (χ0) is 29.1. The first kappa shape index (κ1) is 31.1. The summed E-state index contributed by atoms with van der Waals surface area (Å²) in [6.07, 6.45) is 9.52. The summed E-state index contributed by atoms with van der Waals surface area (Å²) in [6.45, 7) is 5.96. The predicted octanol–water partition coefficient (Wildman–Crippen LogP) is 7.78. The number of carbonyl (C=O) groups is 3. The van der Waals surface area contributed by atoms with E-state index in [0.717, 1.165) is 73.5 Å². The van der Waals surface area contributed by atoms with Gasteiger partial charge in [-0.05, 0) is 68.0 Å². The van der Waals surface area contributed by atoms with E-state index in [1.807, 2.05) is 50.2 Å². The number of benzene rings is 2. The van der Waals surface area contributed by atoms with Gasteiger partial charge in [-0.2, -0.15) is 0 Å². The van der Waals surface area contributed by atoms with Crippen molar-refractivity contribution in [2.24, 2.45) is 0 Å². The number of esters is 1. The maximum Gasteiger partial charge on any atom is 0.313 e. The average Bonchev–Trinajstić information content (AvgIpc) is 2.97. The second-order valence-electron chi connectivity index (χ2n) is 10.6. The maximum absolute atomic E-state index is 12.8. The van der Waals surface area contributed by atoms with Crippen LogP contribution in [-0.2, 0) is 23.9 Å². The SMILES string of the molecule is CCC1=C(OC)C(=O)C(C)=C(CCCCCCCCCCOC(=O)[C@@H](C)c2ccc3cc(OC)ccc3c2)C1=O. The van der Waals surface area contributed by atoms with Crippen molar-refractivity contribution < 1.29 is 28.6 Å². The Bertz CT molecular complexity index is 1270. The minimum absolute atomic E-state index is 0.0233. The third kappa shape index (κ3) is 7.83. The number of methoxy groups -OCH3 is 2. The van der Waals surface area contributed by atoms with Crippen LogP contribution < -0.4 is 4.74 Å². The average molecular weight is 549 g/mol. The highest BCUT2D eigenvalue weighted by Crippen LogP contribution is 2.30. The van der Waals surface area contributed by atoms with E-state index in [4.69, 9.17) is 14.2 Å². The molecule has 0 unspecified atom stereocenters. The summed E-state index contributed by atoms with van der Waals surface area (Å²) in [5.74, 6) is 0.367. The number of fused-ring (bicyclic) bond motifs is 1. The van der Waals surface area contributed by atoms with Crippen molar-refractivity contribution in [2.45, 2.75) is 90.9 Å². The molecule has 216 valence electrons. The van der Waals surface area contributed by atoms with Crippen LogP contribution in [0, 0.1) is 0 Å². The Hall–Kier alpha value is -3.41. The first-order chi connectivity index (χ1) is 19.3. The van der Waals surface area contributed by atoms with Crippen LogP contribution in [0.4, 0.5) is 0 Å². The molecule has 1 aliphatic rings. The van der Waals surface area contributed by atoms with Gasteiger partial charge in [-0.15, -0.1) is 0 Å². The number of rotatable bonds is 16. The molecule has 0 aromatic heterocycles. The van der Waals surface area contributed by atoms with Crippen LogP contribution in [0.25, 0.3) is 10.8 Å². The molecule has 6 nitrogen and oxygen atoms in total. The molecule has 2 aromatic carbocycles. The highest BCUT2D eigenvalue weighted by molar-refractivity contribution is 6.24. The largest absolute Gasteiger partial charge is 0.497 e. The van der Waals surface area contributed by atoms with E-state index in [-0.39, 0.29) is 29.2 Å². The number of hydrogen-bond acceptors (Lipinski definition) is 6. The van der Waals surface area contributed by atoms with E-state index in [2.05, 4.69) is 0 Å². The molecule has 3 rings (SSSR count). The van der Waals surface area contributed by atoms with Gasteiger partial charge in [0.2, 0.25) is 5.78 Å². The fraction of sp³-hybridized carbons (Fsp3) is 0.500. The van der Waals surface area contributed by atoms with Crippen molar-refractivity contribution in [3.63, 3.8) is 0 Å². The minimum atomic E-state index is -0.306. The van der Waals surface area contributed by atoms with Gasteiger partial charge in [0.15, 0.2) is 11.5 Å². The molecular weight excluding hydrogens is 504 g/mol. The Morgan fingerprint density at radius 1 is 0.775 bits per heavy atom. The molecule has 40 heavy (non-hydrogen) atoms. The van der Waals surface area contributed by atoms with Gasteiger partial charge in [-0.1, -0.05) is 69.7 Å². The zero-order valence-electron chi connectivity index (χ0n) is 24.8. The number of ether oxygens (including phenoxy) is 3. The van der Waals surface area contributed by atoms with Crippen molar-refractivity contribution in [1.29, 1.82) is 0 Å². The highest BCUT2D eigenvalue weighted by atomic mass is 16.5. The molecule has 0 heterocycles. The van der Waals surface area contributed by atoms with Crippen LogP contribution in [0.15, 0.2) is 58.9 Å². The van der Waals surface area contributed by atoms with Gasteiger partial charge in [0.05, 0.1) is 26.7 Å². The topological polar surface area (TPSA) is 78.9 Å². The third-order valence-electron chi connectivity index (χ3n) is 7.87. The highest BCUT2D eigenvalue weighted by Gasteiger charge is 2.31. The van der Waals surface area contributed by atoms with Gasteiger partial charge in [-0.3, -0.25) is 14.4 Å². The number of carbonyl (C=O) groups excluding carboxylic acids is 3. The molecule has 6 heteroatoms. The summed E-state index contributed by atoms with van der Waals surface area (Å²) in [4.78, 5) is 37.9. The van der Waals surface area contributed by atoms with E-state index >= 15 is 0 Å². The van der Waals surface area contributed by atoms with Crippen molar-refractivity contribution in [3.8, 4) is 5.75 Å². The van der Waals surface area contributed by atoms with Crippen LogP contribution in [0.1, 0.15) is 96.5 Å². The molecule has 0 saturated carbocycles. The van der Waals surface area contributed by atoms with Crippen molar-refractivity contribution in [1.82, 2.24) is 0 Å². The van der Waals surface area contributed by atoms with Crippen molar-refractivity contribution in [3.05, 3.63) is 64.4 Å². The molecule has 2 aromatic rings. The van der Waals surface area contributed by atoms with Crippen LogP contribution in [-0.4, -0.2) is 38.4 Å². The summed E-state index contributed by atoms with van der Waals surface area (Å²) >= 11 is 0. The lowest BCUT2D eigenvalue weighted by Gasteiger charge is -2.20. The summed E-state index contributed by atoms with van der Waals surface area (Å²) in [7, 11) is 3.10. The van der Waals surface area contributed by atoms with Crippen molar-refractivity contribution >= 4 is 28.3 Å². The van der Waals surface area contributed by atoms with Crippen LogP contribution in [0.3, 0.4) is 0 Å². The zero-order valence-corrected chi connectivity index (χ0v) is 24.8. The Balaban J connectivity index is 1.27. The smallest absolute Gasteiger partial charge is 0.313 e. The lowest BCUT2D eigenvalue weighted by molar-refractivity contribution is -0.145. The molecule has 0 aliphatic heterocycles. The Morgan fingerprint density at radius 2 is 1.40 bits per heavy atom. The second kappa shape index (κ2) is 15.4. The maximum atomic E-state index is 12.8. The summed E-state index contributed by atoms with van der Waals surface area (Å²) in [6, 6.07) is 12.0. The fourth-order valence-corrected chi connectivity index (χ4v) is 5.27. The molecule has 1 atom stereocenters. The normalized spacial score (nSPS) is 14.6. The first-order valence-electron chi connectivity index (χ1n) is 14.6. The molecular formula is C34H44O6. The van der Waals surface area contributed by atoms with Gasteiger partial charge in [-0.25, -0.2) is 0 Å². The van der Waals surface area contributed by atoms with E-state index < -0.39 is 0 Å². The second-order valence-corrected chi connectivity index (χ2v) is 10.6. The van der Waals surface area contributed by atoms with Crippen LogP contribution in [0.5, 0.6) is 5.75 Å². The first-order valence-corrected chi connectivity index (χ1v) is 14.6. The van der Waals surface area contributed by atoms with Gasteiger partial charge in [0.1, 0.15) is 5.75 Å². The summed E-state index contributed by atoms with van der Waals surface area (Å²) in [5.41, 5.74) is 2.65. The molecule has 0 bridgehead atoms. The number of Topliss-reactive ketones (excluding diaryl/α,β-unsaturated/α-hetero) is 2. The Labute approximate surface area is 238 Å². The molecule has 0 spiro atoms. The van der Waals surface area contributed by atoms with Gasteiger partial charge in [0, 0.05) is 16.7 Å². The lowest BCUT2D eigenvalue weighted by atomic mass is 9.85. The number of ketones is 2. The van der Waals surface area contributed by atoms with E-state index in [1.54, 1.807) is 14.0 Å². The van der Waals surface area contributed by atoms with Crippen LogP contribution >= 0.6 is 0 Å². The molecule has 0 fully saturated rings. The Kier molecular flexibility index (Phi) is 12.0. The fourth-order valence-electron chi connectivity index (χ4n) is 5.27. The molecule has 1 aliphatic carbocycles. The number of allylic oxidation sites excluding steroid dienone is 3. The monoisotopic (exact) mass is 548 g/mol. The van der Waals surface area contributed by atoms with Gasteiger partial charge >= 0.3 is 5.97 Å². The molecule has 0 radical (unpaired) electrons. The quantitative estimate of drug-likeness (QED) is 0.121. The molecule has 0 N–H and O–H groups in total. The standard InChI is InChI=1S/C34H44O6/c1-6-29-32(36)30(24(3)31(35)33(29)39-5)15-13-11-9-7-8-10-12-14-20-40-34(37)23(2)25-16-17-27-22-28(38-4)19-18-26(27)21-25/h16-19,21-23H,6-15,20H2,1-5H3/t23-/m0/s1. The van der Waals surface area contributed by atoms with Gasteiger partial charge in [0.25, 0.3) is 0 Å². The van der Waals surface area contributed by atoms with Gasteiger partial charge < -0.3 is 14.2 Å². The third-order valence-corrected chi connectivity index (χ3v) is 7.87. The lowest BCUT2D eigenvalue weighted by Crippen LogP contribution is -2.23. The molecule has 0 saturated heterocycles. The number of unbranched alkanes of at least 4 members (excludes halogenated alkanes) is 7. The Morgan fingerprint density at radius 3 is 2.05 bits per heavy atom. The van der Waals surface area contributed by atoms with E-state index in [9.17, 15) is 14.4 Å². The van der Waals surface area contributed by atoms with Crippen molar-refractivity contribution in [2.75, 3.05) is 20.8 Å². The van der Waals surface area contributed by atoms with Crippen LogP contribution in [0.2, 0.25) is 0 Å². The number of hydrogen-bond donors (Lipinski definition) is 0. The van der Waals surface area contributed by atoms with E-state index in [0.29, 0.717) is 36.2 Å². The summed E-state index contributed by atoms with van der Waals surface area (Å²) < 4.78 is 16.0.